The van der Waals surface area contributed by atoms with Crippen molar-refractivity contribution in [3.63, 3.8) is 0 Å². The molecule has 10 heteroatoms. The number of hydrogen-bond donors (Lipinski definition) is 1. The van der Waals surface area contributed by atoms with Crippen molar-refractivity contribution < 1.29 is 19.2 Å². The number of aromatic nitrogens is 2. The molecular weight excluding hydrogens is 400 g/mol. The van der Waals surface area contributed by atoms with E-state index in [2.05, 4.69) is 10.3 Å². The zero-order chi connectivity index (χ0) is 21.0. The molecule has 1 aromatic carbocycles. The zero-order valence-electron chi connectivity index (χ0n) is 15.1. The summed E-state index contributed by atoms with van der Waals surface area (Å²) in [5, 5.41) is 13.6. The molecule has 0 aliphatic rings. The van der Waals surface area contributed by atoms with Gasteiger partial charge in [0.1, 0.15) is 11.3 Å². The number of benzene rings is 1. The first-order valence-corrected chi connectivity index (χ1v) is 8.80. The van der Waals surface area contributed by atoms with Gasteiger partial charge < -0.3 is 10.1 Å². The van der Waals surface area contributed by atoms with E-state index in [0.29, 0.717) is 11.3 Å². The molecule has 1 atom stereocenters. The summed E-state index contributed by atoms with van der Waals surface area (Å²) in [6, 6.07) is 11.0. The Hall–Kier alpha value is -3.72. The number of imidazole rings is 1. The van der Waals surface area contributed by atoms with E-state index in [1.54, 1.807) is 34.9 Å². The van der Waals surface area contributed by atoms with Crippen LogP contribution in [0.25, 0.3) is 11.7 Å². The highest BCUT2D eigenvalue weighted by Gasteiger charge is 2.21. The second-order valence-electron chi connectivity index (χ2n) is 5.89. The average molecular weight is 415 g/mol. The van der Waals surface area contributed by atoms with Crippen LogP contribution in [-0.2, 0) is 14.3 Å². The summed E-state index contributed by atoms with van der Waals surface area (Å²) in [5.41, 5.74) is 0.846. The van der Waals surface area contributed by atoms with Crippen molar-refractivity contribution in [1.82, 2.24) is 9.38 Å². The number of esters is 1. The molecule has 0 spiro atoms. The number of pyridine rings is 1. The molecule has 9 nitrogen and oxygen atoms in total. The number of amides is 1. The number of carbonyl (C=O) groups is 2. The summed E-state index contributed by atoms with van der Waals surface area (Å²) < 4.78 is 6.75. The van der Waals surface area contributed by atoms with Crippen LogP contribution in [0.15, 0.2) is 54.7 Å². The van der Waals surface area contributed by atoms with Crippen molar-refractivity contribution in [3.8, 4) is 0 Å². The largest absolute Gasteiger partial charge is 0.449 e. The van der Waals surface area contributed by atoms with Crippen molar-refractivity contribution in [1.29, 1.82) is 0 Å². The van der Waals surface area contributed by atoms with Crippen LogP contribution in [0.4, 0.5) is 11.4 Å². The molecule has 0 saturated carbocycles. The van der Waals surface area contributed by atoms with Crippen molar-refractivity contribution in [2.24, 2.45) is 0 Å². The van der Waals surface area contributed by atoms with E-state index in [9.17, 15) is 19.7 Å². The van der Waals surface area contributed by atoms with Gasteiger partial charge in [0, 0.05) is 18.3 Å². The zero-order valence-corrected chi connectivity index (χ0v) is 15.9. The Bertz CT molecular complexity index is 1120. The Morgan fingerprint density at radius 2 is 2.00 bits per heavy atom. The van der Waals surface area contributed by atoms with Crippen LogP contribution in [0.1, 0.15) is 12.6 Å². The van der Waals surface area contributed by atoms with Crippen molar-refractivity contribution in [3.05, 3.63) is 75.7 Å². The minimum Gasteiger partial charge on any atom is -0.449 e. The molecule has 0 saturated heterocycles. The number of rotatable bonds is 6. The predicted molar refractivity (Wildman–Crippen MR) is 107 cm³/mol. The lowest BCUT2D eigenvalue weighted by Crippen LogP contribution is -2.29. The molecule has 3 rings (SSSR count). The third-order valence-electron chi connectivity index (χ3n) is 3.92. The smallest absolute Gasteiger partial charge is 0.331 e. The standard InChI is InChI=1S/C19H15ClN4O5/c1-12(19(26)21-13-6-2-3-7-14(13)24(27)28)29-17(25)10-9-15-18(20)22-16-8-4-5-11-23(15)16/h2-12H,1H3,(H,21,26)/b10-9+/t12-/m0/s1. The molecule has 0 fully saturated rings. The van der Waals surface area contributed by atoms with Crippen molar-refractivity contribution in [2.45, 2.75) is 13.0 Å². The highest BCUT2D eigenvalue weighted by molar-refractivity contribution is 6.31. The lowest BCUT2D eigenvalue weighted by Gasteiger charge is -2.12. The van der Waals surface area contributed by atoms with Gasteiger partial charge in [0.25, 0.3) is 11.6 Å². The van der Waals surface area contributed by atoms with Crippen molar-refractivity contribution in [2.75, 3.05) is 5.32 Å². The summed E-state index contributed by atoms with van der Waals surface area (Å²) in [5.74, 6) is -1.48. The normalized spacial score (nSPS) is 12.1. The number of carbonyl (C=O) groups excluding carboxylic acids is 2. The number of nitro benzene ring substituents is 1. The Labute approximate surface area is 169 Å². The lowest BCUT2D eigenvalue weighted by molar-refractivity contribution is -0.383. The Kier molecular flexibility index (Phi) is 5.89. The van der Waals surface area contributed by atoms with Gasteiger partial charge in [-0.1, -0.05) is 29.8 Å². The number of halogens is 1. The lowest BCUT2D eigenvalue weighted by atomic mass is 10.2. The van der Waals surface area contributed by atoms with Crippen LogP contribution < -0.4 is 5.32 Å². The van der Waals surface area contributed by atoms with Crippen LogP contribution in [-0.4, -0.2) is 32.3 Å². The van der Waals surface area contributed by atoms with E-state index in [4.69, 9.17) is 16.3 Å². The fraction of sp³-hybridized carbons (Fsp3) is 0.105. The average Bonchev–Trinajstić information content (AvgIpc) is 3.01. The first-order chi connectivity index (χ1) is 13.9. The number of nitrogens with one attached hydrogen (secondary N) is 1. The number of nitrogens with zero attached hydrogens (tertiary/aromatic N) is 3. The third kappa shape index (κ3) is 4.58. The van der Waals surface area contributed by atoms with Gasteiger partial charge in [0.05, 0.1) is 10.6 Å². The summed E-state index contributed by atoms with van der Waals surface area (Å²) in [6.45, 7) is 1.36. The summed E-state index contributed by atoms with van der Waals surface area (Å²) in [7, 11) is 0. The maximum atomic E-state index is 12.2. The SMILES string of the molecule is C[C@H](OC(=O)/C=C/c1c(Cl)nc2ccccn12)C(=O)Nc1ccccc1[N+](=O)[O-]. The Morgan fingerprint density at radius 1 is 1.28 bits per heavy atom. The van der Waals surface area contributed by atoms with Gasteiger partial charge in [-0.05, 0) is 31.2 Å². The Morgan fingerprint density at radius 3 is 2.76 bits per heavy atom. The highest BCUT2D eigenvalue weighted by Crippen LogP contribution is 2.23. The van der Waals surface area contributed by atoms with Crippen LogP contribution in [0, 0.1) is 10.1 Å². The van der Waals surface area contributed by atoms with Crippen molar-refractivity contribution >= 4 is 46.6 Å². The van der Waals surface area contributed by atoms with Crippen LogP contribution >= 0.6 is 11.6 Å². The number of nitro groups is 1. The second-order valence-corrected chi connectivity index (χ2v) is 6.25. The molecule has 1 N–H and O–H groups in total. The van der Waals surface area contributed by atoms with Gasteiger partial charge in [-0.3, -0.25) is 19.3 Å². The third-order valence-corrected chi connectivity index (χ3v) is 4.20. The van der Waals surface area contributed by atoms with Gasteiger partial charge in [-0.15, -0.1) is 0 Å². The first kappa shape index (κ1) is 20.0. The molecule has 29 heavy (non-hydrogen) atoms. The van der Waals surface area contributed by atoms with Crippen LogP contribution in [0.3, 0.4) is 0 Å². The van der Waals surface area contributed by atoms with E-state index in [1.807, 2.05) is 0 Å². The number of hydrogen-bond acceptors (Lipinski definition) is 6. The van der Waals surface area contributed by atoms with E-state index in [-0.39, 0.29) is 16.5 Å². The maximum Gasteiger partial charge on any atom is 0.331 e. The number of ether oxygens (including phenoxy) is 1. The van der Waals surface area contributed by atoms with E-state index >= 15 is 0 Å². The molecule has 2 aromatic heterocycles. The van der Waals surface area contributed by atoms with Gasteiger partial charge in [-0.2, -0.15) is 0 Å². The molecule has 148 valence electrons. The topological polar surface area (TPSA) is 116 Å². The second kappa shape index (κ2) is 8.53. The molecule has 0 bridgehead atoms. The number of para-hydroxylation sites is 2. The van der Waals surface area contributed by atoms with Crippen LogP contribution in [0.5, 0.6) is 0 Å². The molecule has 0 aliphatic heterocycles. The quantitative estimate of drug-likeness (QED) is 0.285. The summed E-state index contributed by atoms with van der Waals surface area (Å²) >= 11 is 6.08. The molecule has 2 heterocycles. The fourth-order valence-electron chi connectivity index (χ4n) is 2.52. The van der Waals surface area contributed by atoms with E-state index < -0.39 is 22.9 Å². The van der Waals surface area contributed by atoms with Gasteiger partial charge in [-0.25, -0.2) is 9.78 Å². The minimum absolute atomic E-state index is 0.0125. The van der Waals surface area contributed by atoms with Crippen LogP contribution in [0.2, 0.25) is 5.15 Å². The van der Waals surface area contributed by atoms with Gasteiger partial charge in [0.15, 0.2) is 11.3 Å². The molecular formula is C19H15ClN4O5. The van der Waals surface area contributed by atoms with E-state index in [0.717, 1.165) is 6.08 Å². The molecule has 0 radical (unpaired) electrons. The fourth-order valence-corrected chi connectivity index (χ4v) is 2.76. The number of fused-ring (bicyclic) bond motifs is 1. The minimum atomic E-state index is -1.18. The monoisotopic (exact) mass is 414 g/mol. The number of anilines is 1. The molecule has 1 amide bonds. The maximum absolute atomic E-state index is 12.2. The predicted octanol–water partition coefficient (Wildman–Crippen LogP) is 3.48. The highest BCUT2D eigenvalue weighted by atomic mass is 35.5. The summed E-state index contributed by atoms with van der Waals surface area (Å²) in [4.78, 5) is 38.8. The molecule has 0 aliphatic carbocycles. The van der Waals surface area contributed by atoms with Gasteiger partial charge in [0.2, 0.25) is 0 Å². The Balaban J connectivity index is 1.66. The van der Waals surface area contributed by atoms with E-state index in [1.165, 1.54) is 31.2 Å². The summed E-state index contributed by atoms with van der Waals surface area (Å²) in [6.07, 6.45) is 3.11. The first-order valence-electron chi connectivity index (χ1n) is 8.42. The molecule has 3 aromatic rings. The molecule has 0 unspecified atom stereocenters. The van der Waals surface area contributed by atoms with Gasteiger partial charge >= 0.3 is 5.97 Å².